The van der Waals surface area contributed by atoms with E-state index in [4.69, 9.17) is 12.2 Å². The highest BCUT2D eigenvalue weighted by atomic mass is 32.1. The lowest BCUT2D eigenvalue weighted by Gasteiger charge is -2.42. The summed E-state index contributed by atoms with van der Waals surface area (Å²) in [6.45, 7) is 2.37. The van der Waals surface area contributed by atoms with Crippen LogP contribution in [-0.4, -0.2) is 15.7 Å². The number of amidine groups is 1. The molecule has 2 N–H and O–H groups in total. The number of fused-ring (bicyclic) bond motifs is 2. The van der Waals surface area contributed by atoms with Crippen molar-refractivity contribution in [2.24, 2.45) is 16.9 Å². The van der Waals surface area contributed by atoms with Crippen LogP contribution in [0.2, 0.25) is 0 Å². The highest BCUT2D eigenvalue weighted by molar-refractivity contribution is 7.80. The van der Waals surface area contributed by atoms with Gasteiger partial charge in [-0.05, 0) is 44.4 Å². The molecule has 0 amide bonds. The zero-order valence-corrected chi connectivity index (χ0v) is 14.0. The monoisotopic (exact) mass is 316 g/mol. The predicted molar refractivity (Wildman–Crippen MR) is 92.8 cm³/mol. The average Bonchev–Trinajstić information content (AvgIpc) is 2.56. The zero-order chi connectivity index (χ0) is 15.1. The number of hydrogen-bond acceptors (Lipinski definition) is 4. The molecule has 0 aromatic rings. The number of thiocarbonyl (C=S) groups is 1. The van der Waals surface area contributed by atoms with Crippen LogP contribution in [0.4, 0.5) is 0 Å². The van der Waals surface area contributed by atoms with Crippen molar-refractivity contribution < 1.29 is 0 Å². The number of hydrogen-bond donors (Lipinski definition) is 2. The molecule has 1 saturated carbocycles. The minimum atomic E-state index is 0.559. The zero-order valence-electron chi connectivity index (χ0n) is 13.2. The summed E-state index contributed by atoms with van der Waals surface area (Å²) < 4.78 is 0. The van der Waals surface area contributed by atoms with Gasteiger partial charge in [0, 0.05) is 23.5 Å². The fourth-order valence-electron chi connectivity index (χ4n) is 4.09. The lowest BCUT2D eigenvalue weighted by atomic mass is 9.81. The first kappa shape index (κ1) is 14.2. The summed E-state index contributed by atoms with van der Waals surface area (Å²) in [5, 5.41) is 8.16. The Labute approximate surface area is 137 Å². The number of rotatable bonds is 1. The molecule has 5 heteroatoms. The van der Waals surface area contributed by atoms with Crippen LogP contribution in [0.15, 0.2) is 28.4 Å². The second-order valence-corrected chi connectivity index (χ2v) is 7.42. The van der Waals surface area contributed by atoms with Crippen molar-refractivity contribution >= 4 is 23.0 Å². The second kappa shape index (κ2) is 5.69. The SMILES string of the molecule is CC1CCC(C2=NNC(=S)C3=CNC4=C(CCCC4)N32)CC1. The van der Waals surface area contributed by atoms with Crippen molar-refractivity contribution in [1.82, 2.24) is 15.6 Å². The van der Waals surface area contributed by atoms with Gasteiger partial charge in [-0.25, -0.2) is 0 Å². The number of allylic oxidation sites excluding steroid dienone is 2. The second-order valence-electron chi connectivity index (χ2n) is 7.01. The molecule has 0 saturated heterocycles. The molecule has 4 aliphatic rings. The molecule has 0 bridgehead atoms. The van der Waals surface area contributed by atoms with Crippen molar-refractivity contribution in [3.05, 3.63) is 23.3 Å². The molecule has 0 aromatic heterocycles. The highest BCUT2D eigenvalue weighted by Crippen LogP contribution is 2.38. The number of hydrazone groups is 1. The van der Waals surface area contributed by atoms with Crippen molar-refractivity contribution in [3.63, 3.8) is 0 Å². The Morgan fingerprint density at radius 2 is 1.95 bits per heavy atom. The van der Waals surface area contributed by atoms with Crippen LogP contribution in [0, 0.1) is 11.8 Å². The van der Waals surface area contributed by atoms with Crippen LogP contribution < -0.4 is 10.7 Å². The van der Waals surface area contributed by atoms with Gasteiger partial charge in [0.25, 0.3) is 0 Å². The number of nitrogens with zero attached hydrogens (tertiary/aromatic N) is 2. The lowest BCUT2D eigenvalue weighted by Crippen LogP contribution is -2.49. The standard InChI is InChI=1S/C17H24N4S/c1-11-6-8-12(9-7-11)16-19-20-17(22)15-10-18-13-4-2-3-5-14(13)21(15)16/h10-12,18H,2-9H2,1H3,(H,20,22). The summed E-state index contributed by atoms with van der Waals surface area (Å²) in [5.74, 6) is 2.61. The maximum absolute atomic E-state index is 5.48. The van der Waals surface area contributed by atoms with E-state index in [1.165, 1.54) is 55.8 Å². The van der Waals surface area contributed by atoms with Gasteiger partial charge in [0.2, 0.25) is 0 Å². The smallest absolute Gasteiger partial charge is 0.145 e. The topological polar surface area (TPSA) is 39.7 Å². The minimum absolute atomic E-state index is 0.559. The molecule has 1 fully saturated rings. The average molecular weight is 316 g/mol. The van der Waals surface area contributed by atoms with Gasteiger partial charge in [0.05, 0.1) is 5.70 Å². The van der Waals surface area contributed by atoms with Gasteiger partial charge in [-0.2, -0.15) is 5.10 Å². The molecule has 2 aliphatic carbocycles. The van der Waals surface area contributed by atoms with Crippen LogP contribution >= 0.6 is 12.2 Å². The maximum atomic E-state index is 5.48. The summed E-state index contributed by atoms with van der Waals surface area (Å²) in [7, 11) is 0. The molecular formula is C17H24N4S. The third-order valence-electron chi connectivity index (χ3n) is 5.45. The first-order chi connectivity index (χ1) is 10.7. The third kappa shape index (κ3) is 2.35. The summed E-state index contributed by atoms with van der Waals surface area (Å²) in [6, 6.07) is 0. The van der Waals surface area contributed by atoms with E-state index in [0.29, 0.717) is 5.92 Å². The molecule has 22 heavy (non-hydrogen) atoms. The van der Waals surface area contributed by atoms with Gasteiger partial charge in [0.15, 0.2) is 0 Å². The Balaban J connectivity index is 1.68. The van der Waals surface area contributed by atoms with E-state index >= 15 is 0 Å². The van der Waals surface area contributed by atoms with E-state index in [-0.39, 0.29) is 0 Å². The van der Waals surface area contributed by atoms with Crippen LogP contribution in [0.1, 0.15) is 58.3 Å². The van der Waals surface area contributed by atoms with Crippen molar-refractivity contribution in [1.29, 1.82) is 0 Å². The molecule has 0 atom stereocenters. The molecule has 2 aliphatic heterocycles. The van der Waals surface area contributed by atoms with Gasteiger partial charge >= 0.3 is 0 Å². The molecule has 118 valence electrons. The summed E-state index contributed by atoms with van der Waals surface area (Å²) in [6.07, 6.45) is 12.0. The Morgan fingerprint density at radius 3 is 2.77 bits per heavy atom. The summed E-state index contributed by atoms with van der Waals surface area (Å²) in [5.41, 5.74) is 6.94. The summed E-state index contributed by atoms with van der Waals surface area (Å²) in [4.78, 5) is 3.11. The Kier molecular flexibility index (Phi) is 3.68. The maximum Gasteiger partial charge on any atom is 0.145 e. The largest absolute Gasteiger partial charge is 0.362 e. The van der Waals surface area contributed by atoms with E-state index in [9.17, 15) is 0 Å². The highest BCUT2D eigenvalue weighted by Gasteiger charge is 2.37. The van der Waals surface area contributed by atoms with Crippen LogP contribution in [0.25, 0.3) is 0 Å². The summed E-state index contributed by atoms with van der Waals surface area (Å²) >= 11 is 5.48. The molecule has 4 rings (SSSR count). The molecular weight excluding hydrogens is 292 g/mol. The van der Waals surface area contributed by atoms with Gasteiger partial charge < -0.3 is 5.32 Å². The molecule has 0 spiro atoms. The minimum Gasteiger partial charge on any atom is -0.362 e. The van der Waals surface area contributed by atoms with Crippen LogP contribution in [0.5, 0.6) is 0 Å². The Morgan fingerprint density at radius 1 is 1.18 bits per heavy atom. The van der Waals surface area contributed by atoms with E-state index in [2.05, 4.69) is 33.9 Å². The molecule has 0 radical (unpaired) electrons. The first-order valence-electron chi connectivity index (χ1n) is 8.61. The van der Waals surface area contributed by atoms with Crippen LogP contribution in [0.3, 0.4) is 0 Å². The van der Waals surface area contributed by atoms with Crippen LogP contribution in [-0.2, 0) is 0 Å². The van der Waals surface area contributed by atoms with Gasteiger partial charge in [-0.3, -0.25) is 10.3 Å². The molecule has 2 heterocycles. The van der Waals surface area contributed by atoms with Gasteiger partial charge in [-0.15, -0.1) is 0 Å². The van der Waals surface area contributed by atoms with E-state index in [1.807, 2.05) is 0 Å². The fourth-order valence-corrected chi connectivity index (χ4v) is 4.29. The number of nitrogens with one attached hydrogen (secondary N) is 2. The molecule has 0 unspecified atom stereocenters. The predicted octanol–water partition coefficient (Wildman–Crippen LogP) is 3.59. The first-order valence-corrected chi connectivity index (χ1v) is 9.01. The van der Waals surface area contributed by atoms with Crippen molar-refractivity contribution in [3.8, 4) is 0 Å². The van der Waals surface area contributed by atoms with E-state index < -0.39 is 0 Å². The normalized spacial score (nSPS) is 31.5. The van der Waals surface area contributed by atoms with Gasteiger partial charge in [-0.1, -0.05) is 32.0 Å². The van der Waals surface area contributed by atoms with Crippen molar-refractivity contribution in [2.45, 2.75) is 58.3 Å². The Bertz CT molecular complexity index is 581. The Hall–Kier alpha value is -1.36. The van der Waals surface area contributed by atoms with E-state index in [1.54, 1.807) is 0 Å². The molecule has 0 aromatic carbocycles. The van der Waals surface area contributed by atoms with Crippen molar-refractivity contribution in [2.75, 3.05) is 0 Å². The fraction of sp³-hybridized carbons (Fsp3) is 0.647. The lowest BCUT2D eigenvalue weighted by molar-refractivity contribution is 0.326. The van der Waals surface area contributed by atoms with Gasteiger partial charge in [0.1, 0.15) is 10.8 Å². The quantitative estimate of drug-likeness (QED) is 0.725. The third-order valence-corrected chi connectivity index (χ3v) is 5.75. The van der Waals surface area contributed by atoms with E-state index in [0.717, 1.165) is 29.4 Å². The molecule has 4 nitrogen and oxygen atoms in total.